The van der Waals surface area contributed by atoms with Crippen molar-refractivity contribution in [1.82, 2.24) is 4.90 Å². The number of esters is 1. The zero-order chi connectivity index (χ0) is 27.3. The summed E-state index contributed by atoms with van der Waals surface area (Å²) in [7, 11) is 1.32. The predicted octanol–water partition coefficient (Wildman–Crippen LogP) is 6.31. The van der Waals surface area contributed by atoms with Gasteiger partial charge >= 0.3 is 5.97 Å². The number of unbranched alkanes of at least 4 members (excludes halogenated alkanes) is 2. The molecule has 3 aromatic rings. The normalized spacial score (nSPS) is 11.0. The number of fused-ring (bicyclic) bond motifs is 1. The van der Waals surface area contributed by atoms with E-state index in [1.807, 2.05) is 0 Å². The van der Waals surface area contributed by atoms with E-state index < -0.39 is 0 Å². The van der Waals surface area contributed by atoms with Crippen LogP contribution in [0.15, 0.2) is 46.9 Å². The van der Waals surface area contributed by atoms with Gasteiger partial charge < -0.3 is 18.8 Å². The molecule has 0 amide bonds. The van der Waals surface area contributed by atoms with Crippen LogP contribution in [-0.2, 0) is 16.0 Å². The molecule has 0 atom stereocenters. The third-order valence-electron chi connectivity index (χ3n) is 6.56. The average molecular weight is 519 g/mol. The number of ketones is 1. The molecule has 7 nitrogen and oxygen atoms in total. The molecule has 0 fully saturated rings. The molecule has 0 N–H and O–H groups in total. The number of rotatable bonds is 16. The standard InChI is InChI=1S/C31H38N2O5/c1-4-6-17-33(18-7-5-2)19-8-20-37-25-12-10-24(11-13-25)31(35)30-26-21-23(22-32)9-14-27(26)38-28(30)15-16-29(34)36-3/h9-14,21H,4-8,15-20H2,1-3H3. The molecule has 0 aliphatic heterocycles. The van der Waals surface area contributed by atoms with Crippen molar-refractivity contribution in [3.05, 3.63) is 64.9 Å². The van der Waals surface area contributed by atoms with Gasteiger partial charge in [0.1, 0.15) is 17.1 Å². The first-order valence-electron chi connectivity index (χ1n) is 13.5. The smallest absolute Gasteiger partial charge is 0.305 e. The number of methoxy groups -OCH3 is 1. The van der Waals surface area contributed by atoms with Gasteiger partial charge in [0.15, 0.2) is 5.78 Å². The first-order valence-corrected chi connectivity index (χ1v) is 13.5. The van der Waals surface area contributed by atoms with Crippen molar-refractivity contribution in [2.75, 3.05) is 33.4 Å². The molecular formula is C31H38N2O5. The summed E-state index contributed by atoms with van der Waals surface area (Å²) in [5, 5.41) is 9.90. The molecule has 0 spiro atoms. The van der Waals surface area contributed by atoms with Crippen molar-refractivity contribution < 1.29 is 23.5 Å². The maximum atomic E-state index is 13.6. The molecule has 1 heterocycles. The molecule has 0 radical (unpaired) electrons. The highest BCUT2D eigenvalue weighted by atomic mass is 16.5. The SMILES string of the molecule is CCCCN(CCCC)CCCOc1ccc(C(=O)c2c(CCC(=O)OC)oc3ccc(C#N)cc23)cc1. The largest absolute Gasteiger partial charge is 0.494 e. The first kappa shape index (κ1) is 28.9. The number of carbonyl (C=O) groups excluding carboxylic acids is 2. The Balaban J connectivity index is 1.69. The number of hydrogen-bond donors (Lipinski definition) is 0. The molecule has 1 aromatic heterocycles. The van der Waals surface area contributed by atoms with Crippen molar-refractivity contribution in [2.45, 2.75) is 58.8 Å². The van der Waals surface area contributed by atoms with Gasteiger partial charge in [0.25, 0.3) is 0 Å². The maximum Gasteiger partial charge on any atom is 0.305 e. The van der Waals surface area contributed by atoms with Gasteiger partial charge in [0.2, 0.25) is 0 Å². The third kappa shape index (κ3) is 7.93. The number of carbonyl (C=O) groups is 2. The lowest BCUT2D eigenvalue weighted by molar-refractivity contribution is -0.140. The van der Waals surface area contributed by atoms with Crippen LogP contribution in [0.3, 0.4) is 0 Å². The number of ether oxygens (including phenoxy) is 2. The maximum absolute atomic E-state index is 13.6. The molecule has 7 heteroatoms. The van der Waals surface area contributed by atoms with Crippen molar-refractivity contribution in [3.63, 3.8) is 0 Å². The van der Waals surface area contributed by atoms with Crippen LogP contribution in [-0.4, -0.2) is 50.0 Å². The lowest BCUT2D eigenvalue weighted by atomic mass is 9.98. The Labute approximate surface area is 225 Å². The molecule has 0 aliphatic carbocycles. The van der Waals surface area contributed by atoms with E-state index in [2.05, 4.69) is 24.8 Å². The quantitative estimate of drug-likeness (QED) is 0.125. The summed E-state index contributed by atoms with van der Waals surface area (Å²) < 4.78 is 16.6. The Hall–Kier alpha value is -3.63. The van der Waals surface area contributed by atoms with E-state index in [9.17, 15) is 14.9 Å². The van der Waals surface area contributed by atoms with Crippen LogP contribution in [0.4, 0.5) is 0 Å². The van der Waals surface area contributed by atoms with Crippen molar-refractivity contribution >= 4 is 22.7 Å². The third-order valence-corrected chi connectivity index (χ3v) is 6.56. The topological polar surface area (TPSA) is 92.8 Å². The number of aryl methyl sites for hydroxylation is 1. The van der Waals surface area contributed by atoms with Crippen molar-refractivity contribution in [1.29, 1.82) is 5.26 Å². The lowest BCUT2D eigenvalue weighted by Crippen LogP contribution is -2.28. The van der Waals surface area contributed by atoms with Gasteiger partial charge in [-0.2, -0.15) is 5.26 Å². The minimum absolute atomic E-state index is 0.0861. The number of benzene rings is 2. The van der Waals surface area contributed by atoms with E-state index in [0.717, 1.165) is 26.1 Å². The van der Waals surface area contributed by atoms with Crippen molar-refractivity contribution in [2.24, 2.45) is 0 Å². The van der Waals surface area contributed by atoms with E-state index >= 15 is 0 Å². The summed E-state index contributed by atoms with van der Waals surface area (Å²) in [5.41, 5.74) is 1.78. The van der Waals surface area contributed by atoms with Crippen LogP contribution in [0.5, 0.6) is 5.75 Å². The second kappa shape index (κ2) is 14.9. The fraction of sp³-hybridized carbons (Fsp3) is 0.452. The molecule has 0 saturated heterocycles. The summed E-state index contributed by atoms with van der Waals surface area (Å²) >= 11 is 0. The Morgan fingerprint density at radius 1 is 0.974 bits per heavy atom. The minimum atomic E-state index is -0.387. The molecule has 0 aliphatic rings. The van der Waals surface area contributed by atoms with E-state index in [1.54, 1.807) is 42.5 Å². The number of furan rings is 1. The molecule has 3 rings (SSSR count). The second-order valence-electron chi connectivity index (χ2n) is 9.40. The van der Waals surface area contributed by atoms with Crippen molar-refractivity contribution in [3.8, 4) is 11.8 Å². The summed E-state index contributed by atoms with van der Waals surface area (Å²) in [4.78, 5) is 27.8. The minimum Gasteiger partial charge on any atom is -0.494 e. The molecule has 38 heavy (non-hydrogen) atoms. The molecule has 0 bridgehead atoms. The summed E-state index contributed by atoms with van der Waals surface area (Å²) in [6.45, 7) is 8.34. The molecule has 202 valence electrons. The van der Waals surface area contributed by atoms with Crippen LogP contribution in [0.25, 0.3) is 11.0 Å². The Bertz CT molecular complexity index is 1230. The fourth-order valence-corrected chi connectivity index (χ4v) is 4.38. The van der Waals surface area contributed by atoms with Crippen LogP contribution < -0.4 is 4.74 Å². The van der Waals surface area contributed by atoms with E-state index in [1.165, 1.54) is 32.8 Å². The van der Waals surface area contributed by atoms with Gasteiger partial charge in [-0.25, -0.2) is 0 Å². The van der Waals surface area contributed by atoms with E-state index in [-0.39, 0.29) is 24.6 Å². The summed E-state index contributed by atoms with van der Waals surface area (Å²) in [6, 6.07) is 14.2. The van der Waals surface area contributed by atoms with Gasteiger partial charge in [-0.1, -0.05) is 26.7 Å². The predicted molar refractivity (Wildman–Crippen MR) is 148 cm³/mol. The van der Waals surface area contributed by atoms with Crippen LogP contribution in [0.1, 0.15) is 79.6 Å². The highest BCUT2D eigenvalue weighted by Crippen LogP contribution is 2.30. The van der Waals surface area contributed by atoms with Crippen LogP contribution in [0, 0.1) is 11.3 Å². The fourth-order valence-electron chi connectivity index (χ4n) is 4.38. The van der Waals surface area contributed by atoms with Gasteiger partial charge in [-0.15, -0.1) is 0 Å². The van der Waals surface area contributed by atoms with E-state index in [4.69, 9.17) is 13.9 Å². The van der Waals surface area contributed by atoms with Gasteiger partial charge in [-0.3, -0.25) is 9.59 Å². The van der Waals surface area contributed by atoms with E-state index in [0.29, 0.717) is 45.8 Å². The molecule has 0 saturated carbocycles. The van der Waals surface area contributed by atoms with Crippen LogP contribution in [0.2, 0.25) is 0 Å². The highest BCUT2D eigenvalue weighted by Gasteiger charge is 2.23. The molecule has 0 unspecified atom stereocenters. The second-order valence-corrected chi connectivity index (χ2v) is 9.40. The first-order chi connectivity index (χ1) is 18.5. The zero-order valence-electron chi connectivity index (χ0n) is 22.8. The summed E-state index contributed by atoms with van der Waals surface area (Å²) in [6.07, 6.45) is 6.08. The van der Waals surface area contributed by atoms with Gasteiger partial charge in [-0.05, 0) is 74.8 Å². The molecule has 2 aromatic carbocycles. The molecular weight excluding hydrogens is 480 g/mol. The Morgan fingerprint density at radius 3 is 2.29 bits per heavy atom. The van der Waals surface area contributed by atoms with Crippen LogP contribution >= 0.6 is 0 Å². The lowest BCUT2D eigenvalue weighted by Gasteiger charge is -2.21. The van der Waals surface area contributed by atoms with Gasteiger partial charge in [0, 0.05) is 23.9 Å². The zero-order valence-corrected chi connectivity index (χ0v) is 22.8. The number of nitrogens with zero attached hydrogens (tertiary/aromatic N) is 2. The highest BCUT2D eigenvalue weighted by molar-refractivity contribution is 6.17. The van der Waals surface area contributed by atoms with Gasteiger partial charge in [0.05, 0.1) is 37.3 Å². The summed E-state index contributed by atoms with van der Waals surface area (Å²) in [5.74, 6) is 0.501. The monoisotopic (exact) mass is 518 g/mol. The number of hydrogen-bond acceptors (Lipinski definition) is 7. The average Bonchev–Trinajstić information content (AvgIpc) is 3.32. The number of nitriles is 1. The Kier molecular flexibility index (Phi) is 11.4. The Morgan fingerprint density at radius 2 is 1.66 bits per heavy atom.